The molecule has 0 aliphatic heterocycles. The van der Waals surface area contributed by atoms with E-state index in [-0.39, 0.29) is 23.9 Å². The highest BCUT2D eigenvalue weighted by Crippen LogP contribution is 2.38. The van der Waals surface area contributed by atoms with Crippen molar-refractivity contribution in [2.24, 2.45) is 0 Å². The number of benzene rings is 1. The second kappa shape index (κ2) is 10.8. The summed E-state index contributed by atoms with van der Waals surface area (Å²) in [4.78, 5) is 29.6. The van der Waals surface area contributed by atoms with Crippen LogP contribution < -0.4 is 5.32 Å². The molecule has 2 aromatic heterocycles. The zero-order chi connectivity index (χ0) is 26.0. The number of alkyl halides is 2. The molecule has 194 valence electrons. The van der Waals surface area contributed by atoms with Crippen molar-refractivity contribution in [1.29, 1.82) is 0 Å². The van der Waals surface area contributed by atoms with Crippen molar-refractivity contribution in [2.45, 2.75) is 64.3 Å². The number of ether oxygens (including phenoxy) is 2. The fourth-order valence-electron chi connectivity index (χ4n) is 5.08. The summed E-state index contributed by atoms with van der Waals surface area (Å²) in [6.45, 7) is 5.34. The smallest absolute Gasteiger partial charge is 0.323 e. The predicted octanol–water partition coefficient (Wildman–Crippen LogP) is 4.75. The number of aromatic nitrogens is 3. The number of nitrogens with one attached hydrogen (secondary N) is 1. The van der Waals surface area contributed by atoms with Crippen molar-refractivity contribution >= 4 is 46.1 Å². The maximum absolute atomic E-state index is 12.4. The lowest BCUT2D eigenvalue weighted by molar-refractivity contribution is -0.163. The van der Waals surface area contributed by atoms with Gasteiger partial charge in [-0.15, -0.1) is 23.2 Å². The Labute approximate surface area is 219 Å². The van der Waals surface area contributed by atoms with E-state index in [1.807, 2.05) is 32.0 Å². The summed E-state index contributed by atoms with van der Waals surface area (Å²) in [6.07, 6.45) is 3.63. The van der Waals surface area contributed by atoms with Gasteiger partial charge in [0.25, 0.3) is 0 Å². The fraction of sp³-hybridized carbons (Fsp3) is 0.520. The minimum atomic E-state index is -1.59. The molecule has 0 bridgehead atoms. The van der Waals surface area contributed by atoms with Crippen LogP contribution in [-0.4, -0.2) is 51.6 Å². The van der Waals surface area contributed by atoms with Crippen molar-refractivity contribution in [3.8, 4) is 11.1 Å². The number of nitrogens with zero attached hydrogens (tertiary/aromatic N) is 3. The predicted molar refractivity (Wildman–Crippen MR) is 136 cm³/mol. The van der Waals surface area contributed by atoms with E-state index in [4.69, 9.17) is 42.2 Å². The lowest BCUT2D eigenvalue weighted by Crippen LogP contribution is -2.49. The number of esters is 1. The molecule has 1 aliphatic carbocycles. The SMILES string of the molecule is COC1CCC(n2c([C@@](C)(NC(=O)CCl)OC(=O)CCl)nc3cc(-c4c(C)noc4C)ccc32)CC1. The van der Waals surface area contributed by atoms with Gasteiger partial charge in [0.15, 0.2) is 5.82 Å². The minimum absolute atomic E-state index is 0.0586. The van der Waals surface area contributed by atoms with Crippen LogP contribution in [0, 0.1) is 13.8 Å². The van der Waals surface area contributed by atoms with Gasteiger partial charge in [-0.2, -0.15) is 0 Å². The number of halogens is 2. The molecule has 1 amide bonds. The molecular weight excluding hydrogens is 507 g/mol. The Hall–Kier alpha value is -2.62. The topological polar surface area (TPSA) is 108 Å². The molecule has 1 aromatic carbocycles. The third kappa shape index (κ3) is 5.10. The van der Waals surface area contributed by atoms with Gasteiger partial charge in [0.2, 0.25) is 11.6 Å². The molecule has 1 aliphatic rings. The van der Waals surface area contributed by atoms with Gasteiger partial charge in [-0.05, 0) is 57.2 Å². The number of hydrogen-bond donors (Lipinski definition) is 1. The van der Waals surface area contributed by atoms with Crippen LogP contribution in [0.5, 0.6) is 0 Å². The van der Waals surface area contributed by atoms with Crippen LogP contribution in [0.25, 0.3) is 22.2 Å². The zero-order valence-electron chi connectivity index (χ0n) is 20.8. The molecule has 3 aromatic rings. The summed E-state index contributed by atoms with van der Waals surface area (Å²) in [6, 6.07) is 6.00. The molecule has 36 heavy (non-hydrogen) atoms. The van der Waals surface area contributed by atoms with E-state index in [9.17, 15) is 9.59 Å². The molecule has 0 saturated heterocycles. The Morgan fingerprint density at radius 2 is 1.92 bits per heavy atom. The fourth-order valence-corrected chi connectivity index (χ4v) is 5.20. The number of amides is 1. The van der Waals surface area contributed by atoms with E-state index in [1.165, 1.54) is 0 Å². The van der Waals surface area contributed by atoms with Crippen LogP contribution in [0.2, 0.25) is 0 Å². The maximum Gasteiger partial charge on any atom is 0.323 e. The third-order valence-electron chi connectivity index (χ3n) is 6.71. The lowest BCUT2D eigenvalue weighted by Gasteiger charge is -2.34. The molecule has 2 heterocycles. The van der Waals surface area contributed by atoms with Crippen molar-refractivity contribution < 1.29 is 23.6 Å². The summed E-state index contributed by atoms with van der Waals surface area (Å²) in [5.74, 6) is -0.761. The van der Waals surface area contributed by atoms with E-state index >= 15 is 0 Å². The summed E-state index contributed by atoms with van der Waals surface area (Å²) >= 11 is 11.5. The first kappa shape index (κ1) is 26.4. The second-order valence-electron chi connectivity index (χ2n) is 9.20. The number of rotatable bonds is 8. The van der Waals surface area contributed by atoms with Gasteiger partial charge in [0, 0.05) is 25.6 Å². The van der Waals surface area contributed by atoms with Gasteiger partial charge in [-0.25, -0.2) is 4.98 Å². The third-order valence-corrected chi connectivity index (χ3v) is 7.17. The van der Waals surface area contributed by atoms with Gasteiger partial charge in [-0.1, -0.05) is 11.2 Å². The monoisotopic (exact) mass is 536 g/mol. The van der Waals surface area contributed by atoms with Crippen LogP contribution in [0.4, 0.5) is 0 Å². The zero-order valence-corrected chi connectivity index (χ0v) is 22.3. The molecular formula is C25H30Cl2N4O5. The van der Waals surface area contributed by atoms with Gasteiger partial charge < -0.3 is 23.9 Å². The summed E-state index contributed by atoms with van der Waals surface area (Å²) in [7, 11) is 1.73. The van der Waals surface area contributed by atoms with Crippen LogP contribution >= 0.6 is 23.2 Å². The Morgan fingerprint density at radius 1 is 1.19 bits per heavy atom. The summed E-state index contributed by atoms with van der Waals surface area (Å²) in [5.41, 5.74) is 2.54. The molecule has 0 spiro atoms. The van der Waals surface area contributed by atoms with Crippen LogP contribution in [0.15, 0.2) is 22.7 Å². The maximum atomic E-state index is 12.4. The number of imidazole rings is 1. The number of carbonyl (C=O) groups excluding carboxylic acids is 2. The quantitative estimate of drug-likeness (QED) is 0.251. The van der Waals surface area contributed by atoms with E-state index in [0.29, 0.717) is 17.1 Å². The Balaban J connectivity index is 1.89. The molecule has 11 heteroatoms. The Morgan fingerprint density at radius 3 is 2.50 bits per heavy atom. The van der Waals surface area contributed by atoms with Crippen LogP contribution in [-0.2, 0) is 24.8 Å². The number of fused-ring (bicyclic) bond motifs is 1. The largest absolute Gasteiger partial charge is 0.431 e. The molecule has 1 saturated carbocycles. The molecule has 9 nitrogen and oxygen atoms in total. The van der Waals surface area contributed by atoms with Crippen molar-refractivity contribution in [1.82, 2.24) is 20.0 Å². The van der Waals surface area contributed by atoms with Gasteiger partial charge in [0.1, 0.15) is 17.5 Å². The van der Waals surface area contributed by atoms with Crippen LogP contribution in [0.1, 0.15) is 55.9 Å². The van der Waals surface area contributed by atoms with Crippen molar-refractivity contribution in [3.63, 3.8) is 0 Å². The van der Waals surface area contributed by atoms with Gasteiger partial charge in [0.05, 0.1) is 22.8 Å². The van der Waals surface area contributed by atoms with E-state index < -0.39 is 17.6 Å². The average molecular weight is 537 g/mol. The average Bonchev–Trinajstić information content (AvgIpc) is 3.43. The molecule has 4 rings (SSSR count). The Bertz CT molecular complexity index is 1230. The van der Waals surface area contributed by atoms with Crippen molar-refractivity contribution in [2.75, 3.05) is 18.9 Å². The summed E-state index contributed by atoms with van der Waals surface area (Å²) < 4.78 is 18.7. The standard InChI is InChI=1S/C25H30Cl2N4O5/c1-14-23(15(2)36-30-14)16-5-10-20-19(11-16)28-24(31(20)17-6-8-18(34-4)9-7-17)25(3,29-21(32)12-26)35-22(33)13-27/h5,10-11,17-18H,6-9,12-13H2,1-4H3,(H,29,32)/t17?,18?,25-/m0/s1. The number of methoxy groups -OCH3 is 1. The first-order valence-corrected chi connectivity index (χ1v) is 12.9. The van der Waals surface area contributed by atoms with Crippen LogP contribution in [0.3, 0.4) is 0 Å². The normalized spacial score (nSPS) is 19.7. The van der Waals surface area contributed by atoms with E-state index in [0.717, 1.165) is 48.0 Å². The molecule has 0 radical (unpaired) electrons. The molecule has 1 atom stereocenters. The number of carbonyl (C=O) groups is 2. The first-order chi connectivity index (χ1) is 17.2. The molecule has 0 unspecified atom stereocenters. The molecule has 1 N–H and O–H groups in total. The highest BCUT2D eigenvalue weighted by molar-refractivity contribution is 6.27. The first-order valence-electron chi connectivity index (χ1n) is 11.8. The van der Waals surface area contributed by atoms with E-state index in [2.05, 4.69) is 15.0 Å². The van der Waals surface area contributed by atoms with Gasteiger partial charge in [-0.3, -0.25) is 9.59 Å². The molecule has 1 fully saturated rings. The highest BCUT2D eigenvalue weighted by Gasteiger charge is 2.40. The number of hydrogen-bond acceptors (Lipinski definition) is 7. The second-order valence-corrected chi connectivity index (χ2v) is 9.73. The van der Waals surface area contributed by atoms with Crippen molar-refractivity contribution in [3.05, 3.63) is 35.5 Å². The van der Waals surface area contributed by atoms with E-state index in [1.54, 1.807) is 14.0 Å². The number of aryl methyl sites for hydroxylation is 2. The summed E-state index contributed by atoms with van der Waals surface area (Å²) in [5, 5.41) is 6.80. The lowest BCUT2D eigenvalue weighted by atomic mass is 9.92. The van der Waals surface area contributed by atoms with Gasteiger partial charge >= 0.3 is 5.97 Å². The minimum Gasteiger partial charge on any atom is -0.431 e. The highest BCUT2D eigenvalue weighted by atomic mass is 35.5. The Kier molecular flexibility index (Phi) is 7.92.